The normalized spacial score (nSPS) is 14.5. The van der Waals surface area contributed by atoms with E-state index in [0.717, 1.165) is 0 Å². The van der Waals surface area contributed by atoms with Gasteiger partial charge in [0.15, 0.2) is 4.77 Å². The number of aromatic nitrogens is 2. The number of H-pyrrole nitrogens is 1. The van der Waals surface area contributed by atoms with Crippen LogP contribution in [-0.4, -0.2) is 19.8 Å². The van der Waals surface area contributed by atoms with Gasteiger partial charge in [0.05, 0.1) is 5.69 Å². The Kier molecular flexibility index (Phi) is 5.59. The first kappa shape index (κ1) is 20.2. The number of rotatable bonds is 4. The van der Waals surface area contributed by atoms with Crippen molar-refractivity contribution in [1.29, 1.82) is 0 Å². The summed E-state index contributed by atoms with van der Waals surface area (Å²) in [5.41, 5.74) is 0.344. The van der Waals surface area contributed by atoms with Gasteiger partial charge >= 0.3 is 0 Å². The Morgan fingerprint density at radius 1 is 1.07 bits per heavy atom. The van der Waals surface area contributed by atoms with Gasteiger partial charge in [-0.15, -0.1) is 0 Å². The second kappa shape index (κ2) is 8.31. The molecule has 4 rings (SSSR count). The maximum Gasteiger partial charge on any atom is 0.262 e. The molecule has 6 nitrogen and oxygen atoms in total. The Labute approximate surface area is 186 Å². The molecule has 3 aromatic rings. The highest BCUT2D eigenvalue weighted by Crippen LogP contribution is 2.28. The molecule has 2 aromatic carbocycles. The predicted molar refractivity (Wildman–Crippen MR) is 121 cm³/mol. The average Bonchev–Trinajstić information content (AvgIpc) is 3.04. The van der Waals surface area contributed by atoms with E-state index in [1.807, 2.05) is 30.3 Å². The van der Waals surface area contributed by atoms with Crippen molar-refractivity contribution >= 4 is 46.7 Å². The molecular formula is C21H13Cl2N3O3S. The quantitative estimate of drug-likeness (QED) is 0.399. The van der Waals surface area contributed by atoms with Crippen molar-refractivity contribution in [3.63, 3.8) is 0 Å². The van der Waals surface area contributed by atoms with Crippen LogP contribution in [0.1, 0.15) is 5.56 Å². The average molecular weight is 458 g/mol. The molecule has 0 amide bonds. The van der Waals surface area contributed by atoms with Crippen molar-refractivity contribution in [3.8, 4) is 23.1 Å². The molecule has 2 N–H and O–H groups in total. The number of hydrogen-bond acceptors (Lipinski definition) is 5. The zero-order valence-corrected chi connectivity index (χ0v) is 17.5. The first-order valence-electron chi connectivity index (χ1n) is 8.67. The molecule has 150 valence electrons. The lowest BCUT2D eigenvalue weighted by Gasteiger charge is -2.12. The highest BCUT2D eigenvalue weighted by molar-refractivity contribution is 7.71. The Morgan fingerprint density at radius 3 is 2.37 bits per heavy atom. The Hall–Kier alpha value is -3.13. The SMILES string of the molecule is O=c1[nH]c(=S)n(-c2ccc(Oc3ccccc3)cc2)c(O)c1C=C1C=C(Cl)N=C1Cl. The molecule has 0 atom stereocenters. The molecule has 0 unspecified atom stereocenters. The molecule has 0 saturated heterocycles. The minimum Gasteiger partial charge on any atom is -0.494 e. The molecule has 0 radical (unpaired) electrons. The van der Waals surface area contributed by atoms with Gasteiger partial charge in [-0.3, -0.25) is 14.3 Å². The van der Waals surface area contributed by atoms with Gasteiger partial charge in [-0.2, -0.15) is 0 Å². The molecule has 30 heavy (non-hydrogen) atoms. The van der Waals surface area contributed by atoms with E-state index in [1.165, 1.54) is 16.7 Å². The lowest BCUT2D eigenvalue weighted by atomic mass is 10.2. The van der Waals surface area contributed by atoms with Crippen molar-refractivity contribution < 1.29 is 9.84 Å². The van der Waals surface area contributed by atoms with E-state index in [0.29, 0.717) is 22.8 Å². The summed E-state index contributed by atoms with van der Waals surface area (Å²) in [6, 6.07) is 16.2. The van der Waals surface area contributed by atoms with Gasteiger partial charge in [0.25, 0.3) is 5.56 Å². The molecule has 2 heterocycles. The summed E-state index contributed by atoms with van der Waals surface area (Å²) >= 11 is 17.1. The van der Waals surface area contributed by atoms with Crippen molar-refractivity contribution in [2.24, 2.45) is 4.99 Å². The highest BCUT2D eigenvalue weighted by atomic mass is 35.5. The van der Waals surface area contributed by atoms with E-state index < -0.39 is 5.56 Å². The number of nitrogens with zero attached hydrogens (tertiary/aromatic N) is 2. The van der Waals surface area contributed by atoms with Gasteiger partial charge in [0, 0.05) is 5.57 Å². The molecule has 0 aliphatic carbocycles. The topological polar surface area (TPSA) is 79.6 Å². The van der Waals surface area contributed by atoms with E-state index in [1.54, 1.807) is 24.3 Å². The van der Waals surface area contributed by atoms with E-state index in [-0.39, 0.29) is 26.5 Å². The Bertz CT molecular complexity index is 1320. The van der Waals surface area contributed by atoms with E-state index in [9.17, 15) is 9.90 Å². The van der Waals surface area contributed by atoms with Crippen LogP contribution in [-0.2, 0) is 0 Å². The Morgan fingerprint density at radius 2 is 1.73 bits per heavy atom. The number of para-hydroxylation sites is 1. The predicted octanol–water partition coefficient (Wildman–Crippen LogP) is 5.51. The smallest absolute Gasteiger partial charge is 0.262 e. The molecular weight excluding hydrogens is 445 g/mol. The van der Waals surface area contributed by atoms with Crippen LogP contribution in [0.15, 0.2) is 81.2 Å². The van der Waals surface area contributed by atoms with Gasteiger partial charge in [-0.25, -0.2) is 4.99 Å². The van der Waals surface area contributed by atoms with Crippen LogP contribution >= 0.6 is 35.4 Å². The standard InChI is InChI=1S/C21H13Cl2N3O3S/c22-17-11-12(18(23)24-17)10-16-19(27)25-21(30)26(20(16)28)13-6-8-15(9-7-13)29-14-4-2-1-3-5-14/h1-11,28H,(H,25,27,30). The number of benzene rings is 2. The van der Waals surface area contributed by atoms with Gasteiger partial charge in [-0.05, 0) is 60.8 Å². The van der Waals surface area contributed by atoms with Gasteiger partial charge < -0.3 is 9.84 Å². The van der Waals surface area contributed by atoms with E-state index in [4.69, 9.17) is 40.2 Å². The highest BCUT2D eigenvalue weighted by Gasteiger charge is 2.17. The molecule has 0 saturated carbocycles. The number of allylic oxidation sites excluding steroid dienone is 2. The number of aromatic amines is 1. The fourth-order valence-electron chi connectivity index (χ4n) is 2.83. The second-order valence-corrected chi connectivity index (χ2v) is 7.34. The second-order valence-electron chi connectivity index (χ2n) is 6.21. The Balaban J connectivity index is 1.73. The minimum absolute atomic E-state index is 0.0285. The molecule has 1 aromatic heterocycles. The third-order valence-corrected chi connectivity index (χ3v) is 4.99. The molecule has 0 spiro atoms. The first-order valence-corrected chi connectivity index (χ1v) is 9.84. The number of aliphatic imine (C=N–C) groups is 1. The zero-order valence-electron chi connectivity index (χ0n) is 15.2. The summed E-state index contributed by atoms with van der Waals surface area (Å²) in [4.78, 5) is 18.8. The van der Waals surface area contributed by atoms with Crippen LogP contribution in [0.5, 0.6) is 17.4 Å². The van der Waals surface area contributed by atoms with Crippen LogP contribution in [0.2, 0.25) is 0 Å². The van der Waals surface area contributed by atoms with Crippen molar-refractivity contribution in [3.05, 3.63) is 92.1 Å². The van der Waals surface area contributed by atoms with Crippen LogP contribution in [0.25, 0.3) is 11.8 Å². The van der Waals surface area contributed by atoms with Gasteiger partial charge in [0.2, 0.25) is 5.88 Å². The van der Waals surface area contributed by atoms with Crippen LogP contribution in [0.3, 0.4) is 0 Å². The molecule has 9 heteroatoms. The number of hydrogen-bond donors (Lipinski definition) is 2. The van der Waals surface area contributed by atoms with E-state index >= 15 is 0 Å². The maximum absolute atomic E-state index is 12.4. The third-order valence-electron chi connectivity index (χ3n) is 4.21. The largest absolute Gasteiger partial charge is 0.494 e. The lowest BCUT2D eigenvalue weighted by Crippen LogP contribution is -2.16. The lowest BCUT2D eigenvalue weighted by molar-refractivity contribution is 0.431. The van der Waals surface area contributed by atoms with Crippen molar-refractivity contribution in [2.45, 2.75) is 0 Å². The fourth-order valence-corrected chi connectivity index (χ4v) is 3.56. The van der Waals surface area contributed by atoms with Crippen molar-refractivity contribution in [2.75, 3.05) is 0 Å². The first-order chi connectivity index (χ1) is 14.4. The minimum atomic E-state index is -0.564. The summed E-state index contributed by atoms with van der Waals surface area (Å²) in [7, 11) is 0. The zero-order chi connectivity index (χ0) is 21.3. The third kappa shape index (κ3) is 4.09. The number of halogens is 2. The summed E-state index contributed by atoms with van der Waals surface area (Å²) in [5.74, 6) is 0.967. The molecule has 1 aliphatic rings. The summed E-state index contributed by atoms with van der Waals surface area (Å²) in [6.45, 7) is 0. The number of ether oxygens (including phenoxy) is 1. The van der Waals surface area contributed by atoms with Crippen LogP contribution in [0.4, 0.5) is 0 Å². The molecule has 0 bridgehead atoms. The van der Waals surface area contributed by atoms with Crippen LogP contribution in [0, 0.1) is 4.77 Å². The monoisotopic (exact) mass is 457 g/mol. The van der Waals surface area contributed by atoms with Crippen molar-refractivity contribution in [1.82, 2.24) is 9.55 Å². The molecule has 0 fully saturated rings. The number of nitrogens with one attached hydrogen (secondary N) is 1. The summed E-state index contributed by atoms with van der Waals surface area (Å²) in [5, 5.41) is 11.1. The number of aromatic hydroxyl groups is 1. The maximum atomic E-state index is 12.4. The molecule has 1 aliphatic heterocycles. The van der Waals surface area contributed by atoms with Crippen LogP contribution < -0.4 is 10.3 Å². The summed E-state index contributed by atoms with van der Waals surface area (Å²) < 4.78 is 7.14. The fraction of sp³-hybridized carbons (Fsp3) is 0. The summed E-state index contributed by atoms with van der Waals surface area (Å²) in [6.07, 6.45) is 2.89. The van der Waals surface area contributed by atoms with E-state index in [2.05, 4.69) is 9.98 Å². The van der Waals surface area contributed by atoms with Gasteiger partial charge in [-0.1, -0.05) is 41.4 Å². The van der Waals surface area contributed by atoms with Gasteiger partial charge in [0.1, 0.15) is 27.4 Å².